The summed E-state index contributed by atoms with van der Waals surface area (Å²) in [4.78, 5) is 4.54. The van der Waals surface area contributed by atoms with E-state index in [-0.39, 0.29) is 0 Å². The molecule has 1 aromatic carbocycles. The molecule has 19 heavy (non-hydrogen) atoms. The van der Waals surface area contributed by atoms with Crippen LogP contribution in [0.25, 0.3) is 10.9 Å². The molecule has 0 aliphatic rings. The lowest BCUT2D eigenvalue weighted by Gasteiger charge is -2.10. The first kappa shape index (κ1) is 13.7. The van der Waals surface area contributed by atoms with Crippen molar-refractivity contribution in [2.45, 2.75) is 18.6 Å². The summed E-state index contributed by atoms with van der Waals surface area (Å²) >= 11 is 1.86. The first-order valence-corrected chi connectivity index (χ1v) is 7.60. The number of thioether (sulfide) groups is 1. The van der Waals surface area contributed by atoms with Crippen LogP contribution in [0.1, 0.15) is 18.9 Å². The summed E-state index contributed by atoms with van der Waals surface area (Å²) in [6, 6.07) is 11.8. The largest absolute Gasteiger partial charge is 0.370 e. The number of hydrogen-bond acceptors (Lipinski definition) is 4. The molecule has 0 saturated heterocycles. The molecule has 0 fully saturated rings. The second kappa shape index (κ2) is 6.44. The number of anilines is 1. The molecular weight excluding hydrogens is 254 g/mol. The van der Waals surface area contributed by atoms with Crippen LogP contribution in [-0.4, -0.2) is 23.0 Å². The van der Waals surface area contributed by atoms with Crippen molar-refractivity contribution in [1.29, 1.82) is 5.26 Å². The highest BCUT2D eigenvalue weighted by molar-refractivity contribution is 7.99. The van der Waals surface area contributed by atoms with Crippen molar-refractivity contribution in [1.82, 2.24) is 4.98 Å². The van der Waals surface area contributed by atoms with Crippen LogP contribution in [0.3, 0.4) is 0 Å². The molecule has 98 valence electrons. The van der Waals surface area contributed by atoms with Crippen molar-refractivity contribution < 1.29 is 0 Å². The topological polar surface area (TPSA) is 48.7 Å². The van der Waals surface area contributed by atoms with Gasteiger partial charge < -0.3 is 5.32 Å². The lowest BCUT2D eigenvalue weighted by Crippen LogP contribution is -2.09. The van der Waals surface area contributed by atoms with Crippen molar-refractivity contribution in [3.63, 3.8) is 0 Å². The predicted molar refractivity (Wildman–Crippen MR) is 82.5 cm³/mol. The minimum Gasteiger partial charge on any atom is -0.370 e. The van der Waals surface area contributed by atoms with Crippen LogP contribution >= 0.6 is 11.8 Å². The lowest BCUT2D eigenvalue weighted by atomic mass is 10.1. The molecule has 0 spiro atoms. The van der Waals surface area contributed by atoms with E-state index in [0.717, 1.165) is 29.7 Å². The molecule has 0 radical (unpaired) electrons. The Bertz CT molecular complexity index is 604. The molecule has 0 bridgehead atoms. The Morgan fingerprint density at radius 1 is 1.42 bits per heavy atom. The van der Waals surface area contributed by atoms with Crippen LogP contribution in [0.2, 0.25) is 0 Å². The lowest BCUT2D eigenvalue weighted by molar-refractivity contribution is 0.851. The van der Waals surface area contributed by atoms with Gasteiger partial charge in [-0.15, -0.1) is 0 Å². The Labute approximate surface area is 118 Å². The SMILES string of the molecule is CSC(C)CCNc1cc(C#N)c2ccccc2n1. The van der Waals surface area contributed by atoms with E-state index in [0.29, 0.717) is 10.8 Å². The quantitative estimate of drug-likeness (QED) is 0.901. The molecule has 1 atom stereocenters. The molecule has 0 saturated carbocycles. The van der Waals surface area contributed by atoms with Crippen LogP contribution < -0.4 is 5.32 Å². The summed E-state index contributed by atoms with van der Waals surface area (Å²) in [5.41, 5.74) is 1.54. The van der Waals surface area contributed by atoms with Gasteiger partial charge in [0.05, 0.1) is 17.1 Å². The number of benzene rings is 1. The molecule has 1 N–H and O–H groups in total. The summed E-state index contributed by atoms with van der Waals surface area (Å²) in [6.07, 6.45) is 3.20. The van der Waals surface area contributed by atoms with Gasteiger partial charge in [0.15, 0.2) is 0 Å². The first-order chi connectivity index (χ1) is 9.24. The Morgan fingerprint density at radius 2 is 2.21 bits per heavy atom. The normalized spacial score (nSPS) is 12.1. The maximum atomic E-state index is 9.20. The van der Waals surface area contributed by atoms with E-state index in [1.165, 1.54) is 0 Å². The summed E-state index contributed by atoms with van der Waals surface area (Å²) in [7, 11) is 0. The average Bonchev–Trinajstić information content (AvgIpc) is 2.46. The van der Waals surface area contributed by atoms with Gasteiger partial charge in [0.2, 0.25) is 0 Å². The van der Waals surface area contributed by atoms with Gasteiger partial charge in [-0.05, 0) is 24.8 Å². The standard InChI is InChI=1S/C15H17N3S/c1-11(19-2)7-8-17-15-9-12(10-16)13-5-3-4-6-14(13)18-15/h3-6,9,11H,7-8H2,1-2H3,(H,17,18). The summed E-state index contributed by atoms with van der Waals surface area (Å²) < 4.78 is 0. The number of nitriles is 1. The van der Waals surface area contributed by atoms with Crippen LogP contribution in [-0.2, 0) is 0 Å². The molecule has 2 aromatic rings. The van der Waals surface area contributed by atoms with Crippen molar-refractivity contribution in [3.8, 4) is 6.07 Å². The molecule has 0 amide bonds. The number of nitrogens with zero attached hydrogens (tertiary/aromatic N) is 2. The minimum atomic E-state index is 0.628. The van der Waals surface area contributed by atoms with E-state index in [1.807, 2.05) is 42.1 Å². The third kappa shape index (κ3) is 3.39. The Morgan fingerprint density at radius 3 is 2.95 bits per heavy atom. The van der Waals surface area contributed by atoms with E-state index >= 15 is 0 Å². The van der Waals surface area contributed by atoms with E-state index in [1.54, 1.807) is 0 Å². The second-order valence-electron chi connectivity index (χ2n) is 4.45. The molecule has 1 aromatic heterocycles. The van der Waals surface area contributed by atoms with Crippen LogP contribution in [0.5, 0.6) is 0 Å². The number of pyridine rings is 1. The average molecular weight is 271 g/mol. The molecular formula is C15H17N3S. The fraction of sp³-hybridized carbons (Fsp3) is 0.333. The van der Waals surface area contributed by atoms with E-state index in [9.17, 15) is 5.26 Å². The van der Waals surface area contributed by atoms with Gasteiger partial charge in [0, 0.05) is 17.2 Å². The molecule has 4 heteroatoms. The maximum absolute atomic E-state index is 9.20. The zero-order chi connectivity index (χ0) is 13.7. The minimum absolute atomic E-state index is 0.628. The van der Waals surface area contributed by atoms with E-state index in [2.05, 4.69) is 29.5 Å². The van der Waals surface area contributed by atoms with Gasteiger partial charge in [-0.1, -0.05) is 25.1 Å². The number of para-hydroxylation sites is 1. The van der Waals surface area contributed by atoms with Gasteiger partial charge in [0.1, 0.15) is 5.82 Å². The van der Waals surface area contributed by atoms with Gasteiger partial charge in [0.25, 0.3) is 0 Å². The maximum Gasteiger partial charge on any atom is 0.127 e. The summed E-state index contributed by atoms with van der Waals surface area (Å²) in [5.74, 6) is 0.781. The highest BCUT2D eigenvalue weighted by atomic mass is 32.2. The Balaban J connectivity index is 2.18. The van der Waals surface area contributed by atoms with Gasteiger partial charge in [-0.25, -0.2) is 4.98 Å². The Hall–Kier alpha value is -1.73. The van der Waals surface area contributed by atoms with Crippen molar-refractivity contribution in [2.75, 3.05) is 18.1 Å². The number of rotatable bonds is 5. The van der Waals surface area contributed by atoms with Crippen molar-refractivity contribution in [2.24, 2.45) is 0 Å². The molecule has 3 nitrogen and oxygen atoms in total. The number of nitrogens with one attached hydrogen (secondary N) is 1. The third-order valence-corrected chi connectivity index (χ3v) is 4.14. The highest BCUT2D eigenvalue weighted by Gasteiger charge is 2.05. The smallest absolute Gasteiger partial charge is 0.127 e. The van der Waals surface area contributed by atoms with E-state index in [4.69, 9.17) is 0 Å². The monoisotopic (exact) mass is 271 g/mol. The number of fused-ring (bicyclic) bond motifs is 1. The van der Waals surface area contributed by atoms with Gasteiger partial charge in [-0.2, -0.15) is 17.0 Å². The van der Waals surface area contributed by atoms with Crippen molar-refractivity contribution in [3.05, 3.63) is 35.9 Å². The molecule has 1 heterocycles. The molecule has 0 aliphatic carbocycles. The predicted octanol–water partition coefficient (Wildman–Crippen LogP) is 3.66. The van der Waals surface area contributed by atoms with Crippen LogP contribution in [0.15, 0.2) is 30.3 Å². The summed E-state index contributed by atoms with van der Waals surface area (Å²) in [6.45, 7) is 3.08. The molecule has 0 aliphatic heterocycles. The van der Waals surface area contributed by atoms with Gasteiger partial charge in [-0.3, -0.25) is 0 Å². The van der Waals surface area contributed by atoms with Crippen LogP contribution in [0, 0.1) is 11.3 Å². The van der Waals surface area contributed by atoms with Crippen LogP contribution in [0.4, 0.5) is 5.82 Å². The van der Waals surface area contributed by atoms with E-state index < -0.39 is 0 Å². The number of hydrogen-bond donors (Lipinski definition) is 1. The highest BCUT2D eigenvalue weighted by Crippen LogP contribution is 2.20. The van der Waals surface area contributed by atoms with Gasteiger partial charge >= 0.3 is 0 Å². The fourth-order valence-corrected chi connectivity index (χ4v) is 2.23. The second-order valence-corrected chi connectivity index (χ2v) is 5.72. The zero-order valence-corrected chi connectivity index (χ0v) is 12.0. The fourth-order valence-electron chi connectivity index (χ4n) is 1.88. The molecule has 2 rings (SSSR count). The van der Waals surface area contributed by atoms with Crippen molar-refractivity contribution >= 4 is 28.5 Å². The zero-order valence-electron chi connectivity index (χ0n) is 11.2. The Kier molecular flexibility index (Phi) is 4.64. The first-order valence-electron chi connectivity index (χ1n) is 6.31. The number of aromatic nitrogens is 1. The third-order valence-electron chi connectivity index (χ3n) is 3.10. The molecule has 1 unspecified atom stereocenters. The summed E-state index contributed by atoms with van der Waals surface area (Å²) in [5, 5.41) is 14.0.